The second-order valence-electron chi connectivity index (χ2n) is 8.13. The van der Waals surface area contributed by atoms with Gasteiger partial charge in [0.1, 0.15) is 6.04 Å². The van der Waals surface area contributed by atoms with Crippen molar-refractivity contribution in [2.45, 2.75) is 38.4 Å². The van der Waals surface area contributed by atoms with Gasteiger partial charge < -0.3 is 9.80 Å². The molecule has 0 aliphatic carbocycles. The van der Waals surface area contributed by atoms with Crippen molar-refractivity contribution < 1.29 is 19.2 Å². The van der Waals surface area contributed by atoms with E-state index in [2.05, 4.69) is 5.32 Å². The Bertz CT molecular complexity index is 1150. The van der Waals surface area contributed by atoms with E-state index in [0.29, 0.717) is 37.1 Å². The summed E-state index contributed by atoms with van der Waals surface area (Å²) >= 11 is 6.27. The molecule has 158 valence electrons. The van der Waals surface area contributed by atoms with E-state index < -0.39 is 11.9 Å². The van der Waals surface area contributed by atoms with E-state index >= 15 is 0 Å². The Morgan fingerprint density at radius 1 is 1.03 bits per heavy atom. The van der Waals surface area contributed by atoms with Crippen LogP contribution >= 0.6 is 11.6 Å². The summed E-state index contributed by atoms with van der Waals surface area (Å²) in [4.78, 5) is 52.9. The lowest BCUT2D eigenvalue weighted by Crippen LogP contribution is -2.52. The van der Waals surface area contributed by atoms with Gasteiger partial charge in [0.2, 0.25) is 11.8 Å². The first-order valence-corrected chi connectivity index (χ1v) is 10.6. The number of hydrogen-bond donors (Lipinski definition) is 1. The highest BCUT2D eigenvalue weighted by Crippen LogP contribution is 2.30. The van der Waals surface area contributed by atoms with Crippen molar-refractivity contribution in [2.24, 2.45) is 0 Å². The average molecular weight is 438 g/mol. The van der Waals surface area contributed by atoms with Crippen molar-refractivity contribution in [1.29, 1.82) is 0 Å². The Morgan fingerprint density at radius 3 is 2.68 bits per heavy atom. The summed E-state index contributed by atoms with van der Waals surface area (Å²) in [6, 6.07) is 10.1. The first-order chi connectivity index (χ1) is 14.9. The predicted molar refractivity (Wildman–Crippen MR) is 112 cm³/mol. The molecule has 7 nitrogen and oxygen atoms in total. The molecular weight excluding hydrogens is 418 g/mol. The van der Waals surface area contributed by atoms with Crippen LogP contribution in [0.3, 0.4) is 0 Å². The molecule has 2 aromatic rings. The molecule has 1 N–H and O–H groups in total. The van der Waals surface area contributed by atoms with E-state index in [1.807, 2.05) is 18.2 Å². The minimum atomic E-state index is -0.667. The Hall–Kier alpha value is -3.19. The molecule has 4 amide bonds. The van der Waals surface area contributed by atoms with Gasteiger partial charge in [0, 0.05) is 42.2 Å². The summed E-state index contributed by atoms with van der Waals surface area (Å²) in [7, 11) is 0. The van der Waals surface area contributed by atoms with Crippen molar-refractivity contribution >= 4 is 35.2 Å². The first-order valence-electron chi connectivity index (χ1n) is 10.3. The minimum absolute atomic E-state index is 0.0969. The van der Waals surface area contributed by atoms with Crippen LogP contribution in [0, 0.1) is 0 Å². The number of halogens is 1. The molecule has 1 saturated heterocycles. The van der Waals surface area contributed by atoms with Crippen LogP contribution in [0.15, 0.2) is 36.4 Å². The molecule has 3 heterocycles. The third-order valence-corrected chi connectivity index (χ3v) is 6.62. The van der Waals surface area contributed by atoms with Gasteiger partial charge in [-0.2, -0.15) is 0 Å². The summed E-state index contributed by atoms with van der Waals surface area (Å²) in [5.41, 5.74) is 3.88. The van der Waals surface area contributed by atoms with Gasteiger partial charge in [-0.3, -0.25) is 24.5 Å². The summed E-state index contributed by atoms with van der Waals surface area (Å²) in [6.45, 7) is 1.32. The number of imide groups is 1. The van der Waals surface area contributed by atoms with E-state index in [-0.39, 0.29) is 30.7 Å². The highest BCUT2D eigenvalue weighted by Gasteiger charge is 2.39. The number of fused-ring (bicyclic) bond motifs is 2. The summed E-state index contributed by atoms with van der Waals surface area (Å²) < 4.78 is 0. The fourth-order valence-corrected chi connectivity index (χ4v) is 4.91. The number of amides is 4. The molecule has 1 unspecified atom stereocenters. The monoisotopic (exact) mass is 437 g/mol. The van der Waals surface area contributed by atoms with E-state index in [4.69, 9.17) is 11.6 Å². The van der Waals surface area contributed by atoms with Gasteiger partial charge >= 0.3 is 0 Å². The number of benzene rings is 2. The summed E-state index contributed by atoms with van der Waals surface area (Å²) in [5, 5.41) is 3.03. The molecular formula is C23H20ClN3O4. The number of rotatable bonds is 2. The molecule has 0 spiro atoms. The maximum atomic E-state index is 13.1. The Labute approximate surface area is 184 Å². The number of nitrogens with zero attached hydrogens (tertiary/aromatic N) is 2. The predicted octanol–water partition coefficient (Wildman–Crippen LogP) is 2.30. The molecule has 0 radical (unpaired) electrons. The molecule has 0 saturated carbocycles. The molecule has 31 heavy (non-hydrogen) atoms. The molecule has 2 aromatic carbocycles. The standard InChI is InChI=1S/C23H20ClN3O4/c24-18-3-1-2-14-11-26(9-8-16(14)18)22(30)13-4-5-17-15(10-13)12-27(23(17)31)19-6-7-20(28)25-21(19)29/h1-5,10,19H,6-9,11-12H2,(H,25,28,29). The zero-order chi connectivity index (χ0) is 21.7. The van der Waals surface area contributed by atoms with Crippen molar-refractivity contribution in [3.8, 4) is 0 Å². The third kappa shape index (κ3) is 3.39. The maximum Gasteiger partial charge on any atom is 0.255 e. The number of carbonyl (C=O) groups excluding carboxylic acids is 4. The van der Waals surface area contributed by atoms with Crippen LogP contribution in [-0.4, -0.2) is 46.0 Å². The number of hydrogen-bond acceptors (Lipinski definition) is 4. The van der Waals surface area contributed by atoms with Crippen LogP contribution in [0.25, 0.3) is 0 Å². The van der Waals surface area contributed by atoms with Gasteiger partial charge in [-0.25, -0.2) is 0 Å². The molecule has 1 atom stereocenters. The highest BCUT2D eigenvalue weighted by atomic mass is 35.5. The van der Waals surface area contributed by atoms with Crippen LogP contribution in [-0.2, 0) is 29.1 Å². The fraction of sp³-hybridized carbons (Fsp3) is 0.304. The summed E-state index contributed by atoms with van der Waals surface area (Å²) in [5.74, 6) is -1.10. The zero-order valence-electron chi connectivity index (χ0n) is 16.7. The quantitative estimate of drug-likeness (QED) is 0.730. The van der Waals surface area contributed by atoms with Crippen LogP contribution < -0.4 is 5.32 Å². The number of carbonyl (C=O) groups is 4. The van der Waals surface area contributed by atoms with Gasteiger partial charge in [-0.1, -0.05) is 23.7 Å². The maximum absolute atomic E-state index is 13.1. The lowest BCUT2D eigenvalue weighted by molar-refractivity contribution is -0.136. The second kappa shape index (κ2) is 7.50. The number of piperidine rings is 1. The second-order valence-corrected chi connectivity index (χ2v) is 8.53. The number of nitrogens with one attached hydrogen (secondary N) is 1. The Morgan fingerprint density at radius 2 is 1.87 bits per heavy atom. The SMILES string of the molecule is O=C1CCC(N2Cc3cc(C(=O)N4CCc5c(Cl)cccc5C4)ccc3C2=O)C(=O)N1. The average Bonchev–Trinajstić information content (AvgIpc) is 3.09. The first kappa shape index (κ1) is 19.8. The van der Waals surface area contributed by atoms with Crippen LogP contribution in [0.1, 0.15) is 50.2 Å². The van der Waals surface area contributed by atoms with E-state index in [9.17, 15) is 19.2 Å². The smallest absolute Gasteiger partial charge is 0.255 e. The molecule has 0 bridgehead atoms. The lowest BCUT2D eigenvalue weighted by atomic mass is 9.98. The van der Waals surface area contributed by atoms with Gasteiger partial charge in [0.25, 0.3) is 11.8 Å². The summed E-state index contributed by atoms with van der Waals surface area (Å²) in [6.07, 6.45) is 1.22. The molecule has 5 rings (SSSR count). The molecule has 3 aliphatic rings. The third-order valence-electron chi connectivity index (χ3n) is 6.27. The molecule has 0 aromatic heterocycles. The van der Waals surface area contributed by atoms with Crippen molar-refractivity contribution in [3.05, 3.63) is 69.2 Å². The van der Waals surface area contributed by atoms with E-state index in [1.54, 1.807) is 23.1 Å². The van der Waals surface area contributed by atoms with Gasteiger partial charge in [0.15, 0.2) is 0 Å². The van der Waals surface area contributed by atoms with Gasteiger partial charge in [0.05, 0.1) is 0 Å². The zero-order valence-corrected chi connectivity index (χ0v) is 17.4. The van der Waals surface area contributed by atoms with Crippen molar-refractivity contribution in [3.63, 3.8) is 0 Å². The van der Waals surface area contributed by atoms with Gasteiger partial charge in [-0.05, 0) is 53.8 Å². The molecule has 1 fully saturated rings. The fourth-order valence-electron chi connectivity index (χ4n) is 4.63. The Kier molecular flexibility index (Phi) is 4.78. The van der Waals surface area contributed by atoms with Crippen LogP contribution in [0.4, 0.5) is 0 Å². The van der Waals surface area contributed by atoms with E-state index in [0.717, 1.165) is 21.7 Å². The molecule has 8 heteroatoms. The molecule has 3 aliphatic heterocycles. The van der Waals surface area contributed by atoms with Gasteiger partial charge in [-0.15, -0.1) is 0 Å². The van der Waals surface area contributed by atoms with Crippen LogP contribution in [0.2, 0.25) is 5.02 Å². The normalized spacial score (nSPS) is 20.4. The minimum Gasteiger partial charge on any atom is -0.334 e. The van der Waals surface area contributed by atoms with Crippen LogP contribution in [0.5, 0.6) is 0 Å². The van der Waals surface area contributed by atoms with Crippen molar-refractivity contribution in [1.82, 2.24) is 15.1 Å². The van der Waals surface area contributed by atoms with E-state index in [1.165, 1.54) is 4.90 Å². The lowest BCUT2D eigenvalue weighted by Gasteiger charge is -2.29. The largest absolute Gasteiger partial charge is 0.334 e. The Balaban J connectivity index is 1.35. The topological polar surface area (TPSA) is 86.8 Å². The highest BCUT2D eigenvalue weighted by molar-refractivity contribution is 6.31. The van der Waals surface area contributed by atoms with Crippen molar-refractivity contribution in [2.75, 3.05) is 6.54 Å².